The summed E-state index contributed by atoms with van der Waals surface area (Å²) in [6, 6.07) is 11.5. The van der Waals surface area contributed by atoms with E-state index in [4.69, 9.17) is 10.00 Å². The van der Waals surface area contributed by atoms with Crippen molar-refractivity contribution in [2.45, 2.75) is 18.8 Å². The van der Waals surface area contributed by atoms with Gasteiger partial charge in [-0.25, -0.2) is 4.98 Å². The molecule has 0 bridgehead atoms. The molecule has 1 saturated heterocycles. The number of nitrogens with one attached hydrogen (secondary N) is 3. The Balaban J connectivity index is 1.51. The van der Waals surface area contributed by atoms with Gasteiger partial charge in [0.1, 0.15) is 18.1 Å². The third-order valence-electron chi connectivity index (χ3n) is 5.47. The molecule has 0 saturated carbocycles. The zero-order valence-corrected chi connectivity index (χ0v) is 17.8. The fraction of sp³-hybridized carbons (Fsp3) is 0.304. The first-order chi connectivity index (χ1) is 15.7. The highest BCUT2D eigenvalue weighted by Gasteiger charge is 2.17. The van der Waals surface area contributed by atoms with Gasteiger partial charge in [-0.05, 0) is 61.7 Å². The second-order valence-electron chi connectivity index (χ2n) is 7.50. The Hall–Kier alpha value is -3.90. The summed E-state index contributed by atoms with van der Waals surface area (Å²) < 4.78 is 7.35. The maximum atomic E-state index is 12.0. The summed E-state index contributed by atoms with van der Waals surface area (Å²) in [5.74, 6) is 1.99. The van der Waals surface area contributed by atoms with Gasteiger partial charge in [0.2, 0.25) is 5.95 Å². The molecule has 3 aromatic rings. The Morgan fingerprint density at radius 2 is 2.16 bits per heavy atom. The van der Waals surface area contributed by atoms with Gasteiger partial charge in [-0.2, -0.15) is 10.2 Å². The van der Waals surface area contributed by atoms with E-state index >= 15 is 0 Å². The molecule has 9 heteroatoms. The highest BCUT2D eigenvalue weighted by molar-refractivity contribution is 5.94. The van der Waals surface area contributed by atoms with Crippen molar-refractivity contribution < 1.29 is 9.53 Å². The number of rotatable bonds is 7. The van der Waals surface area contributed by atoms with Crippen molar-refractivity contribution in [3.05, 3.63) is 60.0 Å². The van der Waals surface area contributed by atoms with Gasteiger partial charge in [0.25, 0.3) is 5.91 Å². The largest absolute Gasteiger partial charge is 0.495 e. The number of nitriles is 1. The van der Waals surface area contributed by atoms with Gasteiger partial charge in [-0.15, -0.1) is 0 Å². The Morgan fingerprint density at radius 1 is 1.31 bits per heavy atom. The third-order valence-corrected chi connectivity index (χ3v) is 5.47. The van der Waals surface area contributed by atoms with Gasteiger partial charge >= 0.3 is 0 Å². The Kier molecular flexibility index (Phi) is 6.63. The second kappa shape index (κ2) is 9.94. The first-order valence-electron chi connectivity index (χ1n) is 10.5. The van der Waals surface area contributed by atoms with Crippen molar-refractivity contribution in [2.75, 3.05) is 32.1 Å². The fourth-order valence-corrected chi connectivity index (χ4v) is 3.79. The zero-order valence-electron chi connectivity index (χ0n) is 17.8. The van der Waals surface area contributed by atoms with Gasteiger partial charge in [0.15, 0.2) is 0 Å². The smallest absolute Gasteiger partial charge is 0.253 e. The first-order valence-corrected chi connectivity index (χ1v) is 10.5. The summed E-state index contributed by atoms with van der Waals surface area (Å²) in [4.78, 5) is 20.9. The monoisotopic (exact) mass is 431 g/mol. The number of hydrogen-bond acceptors (Lipinski definition) is 7. The van der Waals surface area contributed by atoms with Crippen LogP contribution in [0.3, 0.4) is 0 Å². The van der Waals surface area contributed by atoms with E-state index in [1.807, 2.05) is 12.1 Å². The van der Waals surface area contributed by atoms with E-state index in [0.717, 1.165) is 37.4 Å². The lowest BCUT2D eigenvalue weighted by Crippen LogP contribution is -2.26. The molecular weight excluding hydrogens is 406 g/mol. The van der Waals surface area contributed by atoms with Crippen LogP contribution in [-0.4, -0.2) is 47.2 Å². The highest BCUT2D eigenvalue weighted by Crippen LogP contribution is 2.33. The standard InChI is InChI=1S/C23H25N7O2/c1-32-20-14-17(16-4-9-25-10-5-16)2-3-19(20)28-23-27-11-6-21(29-23)30-13-7-18(15-30)22(31)26-12-8-24/h2-3,6-7,11,13-16,25H,4-5,9-10,12H2,1H3,(H,26,31)(H,27,28,29). The fourth-order valence-electron chi connectivity index (χ4n) is 3.79. The van der Waals surface area contributed by atoms with Gasteiger partial charge in [-0.3, -0.25) is 4.79 Å². The normalized spacial score (nSPS) is 13.9. The van der Waals surface area contributed by atoms with E-state index in [1.165, 1.54) is 5.56 Å². The number of nitrogens with zero attached hydrogens (tertiary/aromatic N) is 4. The summed E-state index contributed by atoms with van der Waals surface area (Å²) in [7, 11) is 1.66. The lowest BCUT2D eigenvalue weighted by Gasteiger charge is -2.24. The number of aromatic nitrogens is 3. The van der Waals surface area contributed by atoms with Gasteiger partial charge in [0.05, 0.1) is 24.4 Å². The van der Waals surface area contributed by atoms with E-state index in [1.54, 1.807) is 42.4 Å². The highest BCUT2D eigenvalue weighted by atomic mass is 16.5. The molecule has 9 nitrogen and oxygen atoms in total. The molecule has 164 valence electrons. The molecule has 4 rings (SSSR count). The number of carbonyl (C=O) groups is 1. The van der Waals surface area contributed by atoms with Crippen molar-refractivity contribution >= 4 is 17.5 Å². The molecule has 0 radical (unpaired) electrons. The van der Waals surface area contributed by atoms with Crippen LogP contribution in [0.25, 0.3) is 5.82 Å². The molecular formula is C23H25N7O2. The second-order valence-corrected chi connectivity index (χ2v) is 7.50. The Morgan fingerprint density at radius 3 is 2.94 bits per heavy atom. The maximum Gasteiger partial charge on any atom is 0.253 e. The third kappa shape index (κ3) is 4.87. The van der Waals surface area contributed by atoms with Crippen molar-refractivity contribution in [1.82, 2.24) is 25.2 Å². The summed E-state index contributed by atoms with van der Waals surface area (Å²) in [5, 5.41) is 17.8. The molecule has 0 unspecified atom stereocenters. The number of methoxy groups -OCH3 is 1. The van der Waals surface area contributed by atoms with Crippen LogP contribution >= 0.6 is 0 Å². The Bertz CT molecular complexity index is 1130. The van der Waals surface area contributed by atoms with Crippen molar-refractivity contribution in [3.63, 3.8) is 0 Å². The van der Waals surface area contributed by atoms with E-state index in [2.05, 4.69) is 38.1 Å². The van der Waals surface area contributed by atoms with Crippen LogP contribution in [0, 0.1) is 11.3 Å². The number of benzene rings is 1. The SMILES string of the molecule is COc1cc(C2CCNCC2)ccc1Nc1nccc(-n2ccc(C(=O)NCC#N)c2)n1. The van der Waals surface area contributed by atoms with E-state index < -0.39 is 0 Å². The van der Waals surface area contributed by atoms with E-state index in [9.17, 15) is 4.79 Å². The number of amides is 1. The molecule has 1 fully saturated rings. The lowest BCUT2D eigenvalue weighted by molar-refractivity contribution is 0.0958. The zero-order chi connectivity index (χ0) is 22.3. The molecule has 1 aliphatic heterocycles. The van der Waals surface area contributed by atoms with E-state index in [-0.39, 0.29) is 12.5 Å². The summed E-state index contributed by atoms with van der Waals surface area (Å²) in [6.07, 6.45) is 7.29. The van der Waals surface area contributed by atoms with Gasteiger partial charge in [-0.1, -0.05) is 6.07 Å². The average molecular weight is 432 g/mol. The molecule has 0 atom stereocenters. The minimum Gasteiger partial charge on any atom is -0.495 e. The van der Waals surface area contributed by atoms with E-state index in [0.29, 0.717) is 23.2 Å². The van der Waals surface area contributed by atoms with Crippen LogP contribution < -0.4 is 20.7 Å². The number of carbonyl (C=O) groups excluding carboxylic acids is 1. The van der Waals surface area contributed by atoms with Crippen LogP contribution in [0.2, 0.25) is 0 Å². The van der Waals surface area contributed by atoms with Crippen molar-refractivity contribution in [1.29, 1.82) is 5.26 Å². The number of piperidine rings is 1. The molecule has 1 amide bonds. The van der Waals surface area contributed by atoms with Crippen LogP contribution in [0.5, 0.6) is 5.75 Å². The number of anilines is 2. The molecule has 0 aliphatic carbocycles. The average Bonchev–Trinajstić information content (AvgIpc) is 3.34. The molecule has 1 aliphatic rings. The van der Waals surface area contributed by atoms with Gasteiger partial charge < -0.3 is 25.3 Å². The van der Waals surface area contributed by atoms with Crippen molar-refractivity contribution in [3.8, 4) is 17.6 Å². The molecule has 3 N–H and O–H groups in total. The predicted molar refractivity (Wildman–Crippen MR) is 120 cm³/mol. The first kappa shape index (κ1) is 21.3. The van der Waals surface area contributed by atoms with Crippen LogP contribution in [-0.2, 0) is 0 Å². The topological polar surface area (TPSA) is 117 Å². The molecule has 2 aromatic heterocycles. The number of ether oxygens (including phenoxy) is 1. The summed E-state index contributed by atoms with van der Waals surface area (Å²) in [5.41, 5.74) is 2.51. The predicted octanol–water partition coefficient (Wildman–Crippen LogP) is 2.74. The molecule has 1 aromatic carbocycles. The maximum absolute atomic E-state index is 12.0. The van der Waals surface area contributed by atoms with Crippen LogP contribution in [0.1, 0.15) is 34.7 Å². The van der Waals surface area contributed by atoms with Crippen LogP contribution in [0.4, 0.5) is 11.6 Å². The molecule has 0 spiro atoms. The quantitative estimate of drug-likeness (QED) is 0.493. The number of hydrogen-bond donors (Lipinski definition) is 3. The lowest BCUT2D eigenvalue weighted by atomic mass is 9.90. The molecule has 3 heterocycles. The summed E-state index contributed by atoms with van der Waals surface area (Å²) in [6.45, 7) is 2.03. The minimum absolute atomic E-state index is 0.0379. The Labute approximate surface area is 186 Å². The molecule has 32 heavy (non-hydrogen) atoms. The van der Waals surface area contributed by atoms with Gasteiger partial charge in [0, 0.05) is 18.6 Å². The minimum atomic E-state index is -0.309. The summed E-state index contributed by atoms with van der Waals surface area (Å²) >= 11 is 0. The van der Waals surface area contributed by atoms with Crippen LogP contribution in [0.15, 0.2) is 48.9 Å². The van der Waals surface area contributed by atoms with Crippen molar-refractivity contribution in [2.24, 2.45) is 0 Å².